The van der Waals surface area contributed by atoms with Gasteiger partial charge in [0.15, 0.2) is 0 Å². The molecule has 0 spiro atoms. The number of nitrogens with zero attached hydrogens (tertiary/aromatic N) is 4. The molecule has 1 rings (SSSR count). The Labute approximate surface area is 121 Å². The summed E-state index contributed by atoms with van der Waals surface area (Å²) >= 11 is 0. The Morgan fingerprint density at radius 3 is 2.50 bits per heavy atom. The summed E-state index contributed by atoms with van der Waals surface area (Å²) in [5.41, 5.74) is 0. The maximum Gasteiger partial charge on any atom is 0.323 e. The first-order chi connectivity index (χ1) is 9.55. The maximum atomic E-state index is 5.47. The summed E-state index contributed by atoms with van der Waals surface area (Å²) in [6.45, 7) is 5.77. The molecule has 0 saturated carbocycles. The second-order valence-corrected chi connectivity index (χ2v) is 5.00. The smallest absolute Gasteiger partial charge is 0.323 e. The van der Waals surface area contributed by atoms with Gasteiger partial charge in [-0.3, -0.25) is 0 Å². The molecular weight excluding hydrogens is 256 g/mol. The molecule has 0 fully saturated rings. The first kappa shape index (κ1) is 16.4. The van der Waals surface area contributed by atoms with Gasteiger partial charge in [-0.15, -0.1) is 0 Å². The van der Waals surface area contributed by atoms with E-state index in [4.69, 9.17) is 4.74 Å². The molecule has 1 unspecified atom stereocenters. The second-order valence-electron chi connectivity index (χ2n) is 5.00. The summed E-state index contributed by atoms with van der Waals surface area (Å²) in [6, 6.07) is 0.636. The first-order valence-corrected chi connectivity index (χ1v) is 7.03. The van der Waals surface area contributed by atoms with E-state index in [2.05, 4.69) is 51.5 Å². The summed E-state index contributed by atoms with van der Waals surface area (Å²) in [6.07, 6.45) is 1.93. The molecule has 20 heavy (non-hydrogen) atoms. The molecule has 0 aliphatic carbocycles. The Balaban J connectivity index is 2.67. The first-order valence-electron chi connectivity index (χ1n) is 7.03. The van der Waals surface area contributed by atoms with Crippen molar-refractivity contribution in [1.29, 1.82) is 0 Å². The zero-order chi connectivity index (χ0) is 15.0. The van der Waals surface area contributed by atoms with E-state index in [9.17, 15) is 0 Å². The largest absolute Gasteiger partial charge is 0.463 e. The maximum absolute atomic E-state index is 5.47. The molecule has 7 heteroatoms. The van der Waals surface area contributed by atoms with Crippen LogP contribution >= 0.6 is 0 Å². The fourth-order valence-electron chi connectivity index (χ4n) is 1.54. The van der Waals surface area contributed by atoms with Gasteiger partial charge in [-0.25, -0.2) is 0 Å². The van der Waals surface area contributed by atoms with E-state index in [0.29, 0.717) is 24.5 Å². The van der Waals surface area contributed by atoms with Gasteiger partial charge >= 0.3 is 6.01 Å². The number of aromatic nitrogens is 3. The monoisotopic (exact) mass is 282 g/mol. The summed E-state index contributed by atoms with van der Waals surface area (Å²) in [4.78, 5) is 14.9. The molecule has 7 nitrogen and oxygen atoms in total. The lowest BCUT2D eigenvalue weighted by atomic mass is 10.2. The average Bonchev–Trinajstić information content (AvgIpc) is 2.42. The molecule has 0 bridgehead atoms. The number of rotatable bonds is 9. The van der Waals surface area contributed by atoms with E-state index in [1.807, 2.05) is 6.92 Å². The zero-order valence-corrected chi connectivity index (χ0v) is 13.1. The third kappa shape index (κ3) is 6.01. The number of ether oxygens (including phenoxy) is 1. The molecule has 0 aliphatic heterocycles. The van der Waals surface area contributed by atoms with Crippen LogP contribution in [-0.2, 0) is 0 Å². The minimum absolute atomic E-state index is 0.281. The Morgan fingerprint density at radius 1 is 1.20 bits per heavy atom. The standard InChI is InChI=1S/C13H26N6O/c1-6-9-20-13-17-11(14-3)16-12(18-13)15-10(2)7-8-19(4)5/h10H,6-9H2,1-5H3,(H2,14,15,16,17,18). The summed E-state index contributed by atoms with van der Waals surface area (Å²) in [7, 11) is 5.90. The van der Waals surface area contributed by atoms with Crippen LogP contribution in [-0.4, -0.2) is 60.2 Å². The van der Waals surface area contributed by atoms with Crippen LogP contribution in [0.5, 0.6) is 6.01 Å². The van der Waals surface area contributed by atoms with Gasteiger partial charge in [-0.05, 0) is 40.4 Å². The zero-order valence-electron chi connectivity index (χ0n) is 13.1. The van der Waals surface area contributed by atoms with Gasteiger partial charge in [0.2, 0.25) is 11.9 Å². The summed E-state index contributed by atoms with van der Waals surface area (Å²) in [5, 5.41) is 6.20. The van der Waals surface area contributed by atoms with Crippen molar-refractivity contribution in [2.24, 2.45) is 0 Å². The lowest BCUT2D eigenvalue weighted by Crippen LogP contribution is -2.24. The van der Waals surface area contributed by atoms with Gasteiger partial charge in [0.25, 0.3) is 0 Å². The third-order valence-electron chi connectivity index (χ3n) is 2.66. The molecule has 2 N–H and O–H groups in total. The minimum atomic E-state index is 0.281. The van der Waals surface area contributed by atoms with Crippen LogP contribution < -0.4 is 15.4 Å². The van der Waals surface area contributed by atoms with Crippen molar-refractivity contribution in [3.8, 4) is 6.01 Å². The van der Waals surface area contributed by atoms with Gasteiger partial charge in [-0.1, -0.05) is 6.92 Å². The van der Waals surface area contributed by atoms with Crippen molar-refractivity contribution >= 4 is 11.9 Å². The van der Waals surface area contributed by atoms with Crippen LogP contribution in [0, 0.1) is 0 Å². The van der Waals surface area contributed by atoms with Crippen molar-refractivity contribution in [2.75, 3.05) is 44.9 Å². The third-order valence-corrected chi connectivity index (χ3v) is 2.66. The van der Waals surface area contributed by atoms with Gasteiger partial charge in [-0.2, -0.15) is 15.0 Å². The van der Waals surface area contributed by atoms with Gasteiger partial charge in [0, 0.05) is 13.1 Å². The lowest BCUT2D eigenvalue weighted by Gasteiger charge is -2.17. The highest BCUT2D eigenvalue weighted by Crippen LogP contribution is 2.12. The molecule has 0 aliphatic rings. The Hall–Kier alpha value is -1.63. The highest BCUT2D eigenvalue weighted by Gasteiger charge is 2.09. The SMILES string of the molecule is CCCOc1nc(NC)nc(NC(C)CCN(C)C)n1. The van der Waals surface area contributed by atoms with Gasteiger partial charge < -0.3 is 20.3 Å². The Kier molecular flexibility index (Phi) is 7.00. The quantitative estimate of drug-likeness (QED) is 0.710. The lowest BCUT2D eigenvalue weighted by molar-refractivity contribution is 0.292. The number of hydrogen-bond acceptors (Lipinski definition) is 7. The van der Waals surface area contributed by atoms with Gasteiger partial charge in [0.05, 0.1) is 6.61 Å². The normalized spacial score (nSPS) is 12.3. The van der Waals surface area contributed by atoms with E-state index in [0.717, 1.165) is 19.4 Å². The van der Waals surface area contributed by atoms with Crippen molar-refractivity contribution < 1.29 is 4.74 Å². The van der Waals surface area contributed by atoms with Crippen molar-refractivity contribution in [3.63, 3.8) is 0 Å². The molecule has 1 aromatic heterocycles. The predicted molar refractivity (Wildman–Crippen MR) is 81.4 cm³/mol. The van der Waals surface area contributed by atoms with E-state index >= 15 is 0 Å². The fourth-order valence-corrected chi connectivity index (χ4v) is 1.54. The van der Waals surface area contributed by atoms with Crippen molar-refractivity contribution in [1.82, 2.24) is 19.9 Å². The molecule has 1 heterocycles. The van der Waals surface area contributed by atoms with E-state index in [1.165, 1.54) is 0 Å². The van der Waals surface area contributed by atoms with Crippen molar-refractivity contribution in [3.05, 3.63) is 0 Å². The van der Waals surface area contributed by atoms with E-state index in [1.54, 1.807) is 7.05 Å². The molecule has 1 aromatic rings. The van der Waals surface area contributed by atoms with E-state index < -0.39 is 0 Å². The van der Waals surface area contributed by atoms with Crippen LogP contribution in [0.1, 0.15) is 26.7 Å². The molecule has 0 aromatic carbocycles. The van der Waals surface area contributed by atoms with Crippen LogP contribution in [0.15, 0.2) is 0 Å². The molecule has 0 amide bonds. The molecule has 0 radical (unpaired) electrons. The van der Waals surface area contributed by atoms with Crippen LogP contribution in [0.25, 0.3) is 0 Å². The predicted octanol–water partition coefficient (Wildman–Crippen LogP) is 1.45. The average molecular weight is 282 g/mol. The van der Waals surface area contributed by atoms with Gasteiger partial charge in [0.1, 0.15) is 0 Å². The molecule has 114 valence electrons. The summed E-state index contributed by atoms with van der Waals surface area (Å²) < 4.78 is 5.47. The van der Waals surface area contributed by atoms with Crippen LogP contribution in [0.4, 0.5) is 11.9 Å². The Bertz CT molecular complexity index is 398. The molecule has 1 atom stereocenters. The molecule has 0 saturated heterocycles. The number of nitrogens with one attached hydrogen (secondary N) is 2. The highest BCUT2D eigenvalue weighted by molar-refractivity contribution is 5.35. The number of anilines is 2. The fraction of sp³-hybridized carbons (Fsp3) is 0.769. The van der Waals surface area contributed by atoms with Crippen LogP contribution in [0.2, 0.25) is 0 Å². The molecular formula is C13H26N6O. The topological polar surface area (TPSA) is 75.2 Å². The second kappa shape index (κ2) is 8.52. The highest BCUT2D eigenvalue weighted by atomic mass is 16.5. The number of hydrogen-bond donors (Lipinski definition) is 2. The van der Waals surface area contributed by atoms with E-state index in [-0.39, 0.29) is 6.04 Å². The summed E-state index contributed by atoms with van der Waals surface area (Å²) in [5.74, 6) is 1.05. The van der Waals surface area contributed by atoms with Crippen molar-refractivity contribution in [2.45, 2.75) is 32.7 Å². The van der Waals surface area contributed by atoms with Crippen LogP contribution in [0.3, 0.4) is 0 Å². The Morgan fingerprint density at radius 2 is 1.90 bits per heavy atom. The minimum Gasteiger partial charge on any atom is -0.463 e.